The van der Waals surface area contributed by atoms with Crippen LogP contribution < -0.4 is 5.32 Å². The van der Waals surface area contributed by atoms with Crippen LogP contribution in [0.15, 0.2) is 17.8 Å². The smallest absolute Gasteiger partial charge is 0.271 e. The fourth-order valence-corrected chi connectivity index (χ4v) is 2.64. The van der Waals surface area contributed by atoms with Crippen LogP contribution in [-0.2, 0) is 4.74 Å². The van der Waals surface area contributed by atoms with Gasteiger partial charge in [0.25, 0.3) is 5.91 Å². The molecule has 2 N–H and O–H groups in total. The number of imidazole rings is 1. The molecule has 0 bridgehead atoms. The van der Waals surface area contributed by atoms with Crippen LogP contribution in [-0.4, -0.2) is 45.8 Å². The molecule has 7 heteroatoms. The van der Waals surface area contributed by atoms with Gasteiger partial charge < -0.3 is 15.2 Å². The molecule has 1 fully saturated rings. The van der Waals surface area contributed by atoms with E-state index in [9.17, 15) is 9.90 Å². The molecule has 0 radical (unpaired) electrons. The zero-order chi connectivity index (χ0) is 12.5. The molecule has 2 aromatic heterocycles. The van der Waals surface area contributed by atoms with Crippen LogP contribution in [0.2, 0.25) is 0 Å². The maximum atomic E-state index is 12.0. The molecule has 0 saturated carbocycles. The van der Waals surface area contributed by atoms with Crippen LogP contribution in [0, 0.1) is 0 Å². The van der Waals surface area contributed by atoms with E-state index in [0.717, 1.165) is 4.96 Å². The molecule has 0 unspecified atom stereocenters. The van der Waals surface area contributed by atoms with Gasteiger partial charge in [0.15, 0.2) is 4.96 Å². The Bertz CT molecular complexity index is 536. The first-order chi connectivity index (χ1) is 8.74. The summed E-state index contributed by atoms with van der Waals surface area (Å²) in [6.07, 6.45) is 3.52. The van der Waals surface area contributed by atoms with Crippen molar-refractivity contribution in [3.05, 3.63) is 23.5 Å². The van der Waals surface area contributed by atoms with E-state index < -0.39 is 6.10 Å². The predicted octanol–water partition coefficient (Wildman–Crippen LogP) is 0.275. The number of fused-ring (bicyclic) bond motifs is 1. The highest BCUT2D eigenvalue weighted by atomic mass is 32.1. The van der Waals surface area contributed by atoms with E-state index >= 15 is 0 Å². The molecule has 1 saturated heterocycles. The first-order valence-electron chi connectivity index (χ1n) is 5.73. The maximum absolute atomic E-state index is 12.0. The lowest BCUT2D eigenvalue weighted by molar-refractivity contribution is -0.0140. The average molecular weight is 267 g/mol. The number of nitrogens with zero attached hydrogens (tertiary/aromatic N) is 2. The van der Waals surface area contributed by atoms with Gasteiger partial charge in [-0.15, -0.1) is 11.3 Å². The average Bonchev–Trinajstić information content (AvgIpc) is 2.92. The quantitative estimate of drug-likeness (QED) is 0.819. The fraction of sp³-hybridized carbons (Fsp3) is 0.455. The molecular formula is C11H13N3O3S. The van der Waals surface area contributed by atoms with Crippen molar-refractivity contribution in [2.75, 3.05) is 13.2 Å². The monoisotopic (exact) mass is 267 g/mol. The Morgan fingerprint density at radius 2 is 2.56 bits per heavy atom. The molecule has 0 aliphatic carbocycles. The predicted molar refractivity (Wildman–Crippen MR) is 65.8 cm³/mol. The van der Waals surface area contributed by atoms with Gasteiger partial charge in [0.2, 0.25) is 0 Å². The Labute approximate surface area is 107 Å². The lowest BCUT2D eigenvalue weighted by atomic mass is 10.1. The number of hydrogen-bond acceptors (Lipinski definition) is 5. The lowest BCUT2D eigenvalue weighted by Gasteiger charge is -2.28. The zero-order valence-corrected chi connectivity index (χ0v) is 10.4. The number of hydrogen-bond donors (Lipinski definition) is 2. The second-order valence-corrected chi connectivity index (χ2v) is 5.10. The highest BCUT2D eigenvalue weighted by Crippen LogP contribution is 2.12. The number of ether oxygens (including phenoxy) is 1. The summed E-state index contributed by atoms with van der Waals surface area (Å²) in [5, 5.41) is 14.4. The molecule has 18 heavy (non-hydrogen) atoms. The van der Waals surface area contributed by atoms with E-state index in [1.807, 2.05) is 11.6 Å². The number of aromatic nitrogens is 2. The molecule has 0 aromatic carbocycles. The van der Waals surface area contributed by atoms with Crippen LogP contribution in [0.4, 0.5) is 0 Å². The van der Waals surface area contributed by atoms with E-state index in [-0.39, 0.29) is 11.9 Å². The fourth-order valence-electron chi connectivity index (χ4n) is 1.94. The molecule has 3 rings (SSSR count). The molecule has 6 nitrogen and oxygen atoms in total. The van der Waals surface area contributed by atoms with E-state index in [4.69, 9.17) is 4.74 Å². The van der Waals surface area contributed by atoms with Gasteiger partial charge in [0, 0.05) is 24.4 Å². The summed E-state index contributed by atoms with van der Waals surface area (Å²) < 4.78 is 7.03. The number of aliphatic hydroxyl groups is 1. The van der Waals surface area contributed by atoms with E-state index in [1.54, 1.807) is 10.6 Å². The first-order valence-corrected chi connectivity index (χ1v) is 6.61. The molecule has 0 spiro atoms. The van der Waals surface area contributed by atoms with Crippen molar-refractivity contribution in [1.82, 2.24) is 14.7 Å². The number of nitrogens with one attached hydrogen (secondary N) is 1. The minimum Gasteiger partial charge on any atom is -0.391 e. The maximum Gasteiger partial charge on any atom is 0.271 e. The van der Waals surface area contributed by atoms with Crippen molar-refractivity contribution in [2.45, 2.75) is 18.6 Å². The summed E-state index contributed by atoms with van der Waals surface area (Å²) in [6.45, 7) is 0.878. The SMILES string of the molecule is O=C(N[C@@H]1COCC[C@H]1O)c1cn2ccsc2n1. The number of aliphatic hydroxyl groups excluding tert-OH is 1. The van der Waals surface area contributed by atoms with Gasteiger partial charge in [-0.1, -0.05) is 0 Å². The Kier molecular flexibility index (Phi) is 3.02. The second-order valence-electron chi connectivity index (χ2n) is 4.23. The summed E-state index contributed by atoms with van der Waals surface area (Å²) in [6, 6.07) is -0.356. The Balaban J connectivity index is 1.72. The Morgan fingerprint density at radius 1 is 1.67 bits per heavy atom. The molecule has 96 valence electrons. The van der Waals surface area contributed by atoms with Crippen LogP contribution in [0.25, 0.3) is 4.96 Å². The number of carbonyl (C=O) groups excluding carboxylic acids is 1. The van der Waals surface area contributed by atoms with E-state index in [2.05, 4.69) is 10.3 Å². The zero-order valence-electron chi connectivity index (χ0n) is 9.57. The third kappa shape index (κ3) is 2.12. The minimum atomic E-state index is -0.550. The van der Waals surface area contributed by atoms with Crippen LogP contribution in [0.1, 0.15) is 16.9 Å². The summed E-state index contributed by atoms with van der Waals surface area (Å²) in [5.41, 5.74) is 0.361. The summed E-state index contributed by atoms with van der Waals surface area (Å²) in [5.74, 6) is -0.277. The first kappa shape index (κ1) is 11.6. The summed E-state index contributed by atoms with van der Waals surface area (Å²) in [7, 11) is 0. The number of thiazole rings is 1. The third-order valence-electron chi connectivity index (χ3n) is 2.96. The number of carbonyl (C=O) groups is 1. The van der Waals surface area contributed by atoms with E-state index in [1.165, 1.54) is 11.3 Å². The molecular weight excluding hydrogens is 254 g/mol. The highest BCUT2D eigenvalue weighted by Gasteiger charge is 2.26. The van der Waals surface area contributed by atoms with Crippen molar-refractivity contribution in [3.8, 4) is 0 Å². The number of amides is 1. The molecule has 3 heterocycles. The van der Waals surface area contributed by atoms with Crippen molar-refractivity contribution in [2.24, 2.45) is 0 Å². The number of rotatable bonds is 2. The second kappa shape index (κ2) is 4.68. The van der Waals surface area contributed by atoms with Gasteiger partial charge in [-0.3, -0.25) is 9.20 Å². The normalized spacial score (nSPS) is 24.3. The minimum absolute atomic E-state index is 0.277. The molecule has 1 amide bonds. The highest BCUT2D eigenvalue weighted by molar-refractivity contribution is 7.15. The molecule has 2 atom stereocenters. The Hall–Kier alpha value is -1.44. The molecule has 1 aliphatic heterocycles. The van der Waals surface area contributed by atoms with Crippen LogP contribution in [0.5, 0.6) is 0 Å². The Morgan fingerprint density at radius 3 is 3.33 bits per heavy atom. The van der Waals surface area contributed by atoms with Crippen molar-refractivity contribution in [3.63, 3.8) is 0 Å². The lowest BCUT2D eigenvalue weighted by Crippen LogP contribution is -2.49. The van der Waals surface area contributed by atoms with Crippen LogP contribution in [0.3, 0.4) is 0 Å². The van der Waals surface area contributed by atoms with Crippen molar-refractivity contribution in [1.29, 1.82) is 0 Å². The van der Waals surface area contributed by atoms with Crippen molar-refractivity contribution >= 4 is 22.2 Å². The third-order valence-corrected chi connectivity index (χ3v) is 3.73. The van der Waals surface area contributed by atoms with E-state index in [0.29, 0.717) is 25.3 Å². The largest absolute Gasteiger partial charge is 0.391 e. The summed E-state index contributed by atoms with van der Waals surface area (Å²) >= 11 is 1.47. The standard InChI is InChI=1S/C11H13N3O3S/c15-9-1-3-17-6-8(9)12-10(16)7-5-14-2-4-18-11(14)13-7/h2,4-5,8-9,15H,1,3,6H2,(H,12,16)/t8-,9-/m1/s1. The van der Waals surface area contributed by atoms with Gasteiger partial charge in [0.1, 0.15) is 5.69 Å². The van der Waals surface area contributed by atoms with Crippen LogP contribution >= 0.6 is 11.3 Å². The summed E-state index contributed by atoms with van der Waals surface area (Å²) in [4.78, 5) is 17.0. The van der Waals surface area contributed by atoms with Gasteiger partial charge in [0.05, 0.1) is 18.8 Å². The molecule has 2 aromatic rings. The van der Waals surface area contributed by atoms with Crippen molar-refractivity contribution < 1.29 is 14.6 Å². The van der Waals surface area contributed by atoms with Gasteiger partial charge in [-0.05, 0) is 6.42 Å². The van der Waals surface area contributed by atoms with Gasteiger partial charge in [-0.2, -0.15) is 0 Å². The topological polar surface area (TPSA) is 75.9 Å². The molecule has 1 aliphatic rings. The van der Waals surface area contributed by atoms with Gasteiger partial charge >= 0.3 is 0 Å². The van der Waals surface area contributed by atoms with Gasteiger partial charge in [-0.25, -0.2) is 4.98 Å².